The van der Waals surface area contributed by atoms with Crippen molar-refractivity contribution in [1.29, 1.82) is 0 Å². The lowest BCUT2D eigenvalue weighted by Crippen LogP contribution is -2.38. The fraction of sp³-hybridized carbons (Fsp3) is 0.200. The van der Waals surface area contributed by atoms with Crippen LogP contribution in [0.5, 0.6) is 0 Å². The van der Waals surface area contributed by atoms with Crippen molar-refractivity contribution in [1.82, 2.24) is 33.7 Å². The van der Waals surface area contributed by atoms with Crippen molar-refractivity contribution >= 4 is 22.1 Å². The van der Waals surface area contributed by atoms with Crippen molar-refractivity contribution in [2.24, 2.45) is 14.1 Å². The third-order valence-electron chi connectivity index (χ3n) is 4.13. The first-order valence-corrected chi connectivity index (χ1v) is 7.42. The average molecular weight is 339 g/mol. The molecule has 0 amide bonds. The molecule has 126 valence electrons. The number of rotatable bonds is 2. The Morgan fingerprint density at radius 1 is 1.00 bits per heavy atom. The fourth-order valence-corrected chi connectivity index (χ4v) is 2.76. The second kappa shape index (κ2) is 5.23. The number of aryl methyl sites for hydroxylation is 1. The number of hydrogen-bond acceptors (Lipinski definition) is 6. The number of imidazole rings is 1. The van der Waals surface area contributed by atoms with Gasteiger partial charge in [-0.3, -0.25) is 18.7 Å². The van der Waals surface area contributed by atoms with E-state index in [1.165, 1.54) is 29.6 Å². The predicted molar refractivity (Wildman–Crippen MR) is 89.4 cm³/mol. The van der Waals surface area contributed by atoms with Crippen molar-refractivity contribution in [2.75, 3.05) is 0 Å². The SMILES string of the molecule is Cn1c(=O)c2c(ncn2Cn2nnc3ccccc3c2=O)n(C)c1=O. The van der Waals surface area contributed by atoms with Gasteiger partial charge in [0, 0.05) is 14.1 Å². The first-order valence-electron chi connectivity index (χ1n) is 7.42. The van der Waals surface area contributed by atoms with Gasteiger partial charge >= 0.3 is 5.69 Å². The summed E-state index contributed by atoms with van der Waals surface area (Å²) in [5.41, 5.74) is -0.323. The smallest absolute Gasteiger partial charge is 0.304 e. The fourth-order valence-electron chi connectivity index (χ4n) is 2.76. The number of benzene rings is 1. The van der Waals surface area contributed by atoms with Gasteiger partial charge in [0.25, 0.3) is 11.1 Å². The highest BCUT2D eigenvalue weighted by atomic mass is 16.2. The summed E-state index contributed by atoms with van der Waals surface area (Å²) in [6.07, 6.45) is 1.40. The van der Waals surface area contributed by atoms with E-state index in [0.29, 0.717) is 10.9 Å². The first-order chi connectivity index (χ1) is 12.0. The lowest BCUT2D eigenvalue weighted by molar-refractivity contribution is 0.506. The van der Waals surface area contributed by atoms with Crippen LogP contribution < -0.4 is 16.8 Å². The Hall–Kier alpha value is -3.56. The lowest BCUT2D eigenvalue weighted by atomic mass is 10.2. The molecule has 0 N–H and O–H groups in total. The average Bonchev–Trinajstić information content (AvgIpc) is 3.04. The molecule has 10 heteroatoms. The molecule has 0 bridgehead atoms. The molecule has 0 radical (unpaired) electrons. The largest absolute Gasteiger partial charge is 0.332 e. The zero-order valence-corrected chi connectivity index (χ0v) is 13.4. The molecule has 4 rings (SSSR count). The predicted octanol–water partition coefficient (Wildman–Crippen LogP) is -0.956. The molecule has 0 unspecified atom stereocenters. The molecule has 4 aromatic rings. The van der Waals surface area contributed by atoms with Gasteiger partial charge in [-0.15, -0.1) is 5.10 Å². The highest BCUT2D eigenvalue weighted by Gasteiger charge is 2.15. The van der Waals surface area contributed by atoms with Crippen LogP contribution in [0.15, 0.2) is 45.0 Å². The zero-order chi connectivity index (χ0) is 17.7. The van der Waals surface area contributed by atoms with Gasteiger partial charge in [0.05, 0.1) is 11.7 Å². The lowest BCUT2D eigenvalue weighted by Gasteiger charge is -2.08. The molecule has 1 aromatic carbocycles. The summed E-state index contributed by atoms with van der Waals surface area (Å²) in [7, 11) is 2.92. The van der Waals surface area contributed by atoms with Gasteiger partial charge in [-0.2, -0.15) is 4.68 Å². The highest BCUT2D eigenvalue weighted by Crippen LogP contribution is 2.06. The quantitative estimate of drug-likeness (QED) is 0.465. The minimum Gasteiger partial charge on any atom is -0.304 e. The summed E-state index contributed by atoms with van der Waals surface area (Å²) >= 11 is 0. The molecule has 0 aliphatic rings. The Morgan fingerprint density at radius 2 is 1.76 bits per heavy atom. The van der Waals surface area contributed by atoms with E-state index in [1.54, 1.807) is 24.3 Å². The van der Waals surface area contributed by atoms with Crippen LogP contribution in [0.4, 0.5) is 0 Å². The molecular formula is C15H13N7O3. The van der Waals surface area contributed by atoms with Crippen molar-refractivity contribution in [2.45, 2.75) is 6.67 Å². The molecule has 0 fully saturated rings. The van der Waals surface area contributed by atoms with E-state index in [2.05, 4.69) is 15.3 Å². The molecular weight excluding hydrogens is 326 g/mol. The van der Waals surface area contributed by atoms with Crippen LogP contribution in [0.2, 0.25) is 0 Å². The van der Waals surface area contributed by atoms with E-state index in [0.717, 1.165) is 9.25 Å². The number of fused-ring (bicyclic) bond motifs is 2. The molecule has 3 heterocycles. The summed E-state index contributed by atoms with van der Waals surface area (Å²) in [4.78, 5) is 41.1. The van der Waals surface area contributed by atoms with E-state index in [9.17, 15) is 14.4 Å². The van der Waals surface area contributed by atoms with Crippen LogP contribution in [0.25, 0.3) is 22.1 Å². The van der Waals surface area contributed by atoms with Crippen molar-refractivity contribution < 1.29 is 0 Å². The summed E-state index contributed by atoms with van der Waals surface area (Å²) in [5.74, 6) is 0. The molecule has 0 aliphatic heterocycles. The molecule has 0 atom stereocenters. The van der Waals surface area contributed by atoms with Gasteiger partial charge in [-0.05, 0) is 12.1 Å². The van der Waals surface area contributed by atoms with Gasteiger partial charge in [0.2, 0.25) is 0 Å². The number of nitrogens with zero attached hydrogens (tertiary/aromatic N) is 7. The van der Waals surface area contributed by atoms with Crippen molar-refractivity contribution in [3.63, 3.8) is 0 Å². The third kappa shape index (κ3) is 2.11. The van der Waals surface area contributed by atoms with E-state index in [1.807, 2.05) is 0 Å². The van der Waals surface area contributed by atoms with Gasteiger partial charge in [0.1, 0.15) is 12.2 Å². The van der Waals surface area contributed by atoms with Gasteiger partial charge in [-0.25, -0.2) is 9.78 Å². The highest BCUT2D eigenvalue weighted by molar-refractivity contribution is 5.76. The number of hydrogen-bond donors (Lipinski definition) is 0. The summed E-state index contributed by atoms with van der Waals surface area (Å²) in [6, 6.07) is 6.88. The van der Waals surface area contributed by atoms with Gasteiger partial charge in [-0.1, -0.05) is 17.3 Å². The van der Waals surface area contributed by atoms with Crippen LogP contribution in [0.1, 0.15) is 0 Å². The Bertz CT molecular complexity index is 1310. The maximum absolute atomic E-state index is 12.6. The maximum atomic E-state index is 12.6. The van der Waals surface area contributed by atoms with E-state index in [-0.39, 0.29) is 23.4 Å². The Morgan fingerprint density at radius 3 is 2.56 bits per heavy atom. The second-order valence-electron chi connectivity index (χ2n) is 5.65. The van der Waals surface area contributed by atoms with Crippen molar-refractivity contribution in [3.05, 3.63) is 61.8 Å². The topological polar surface area (TPSA) is 110 Å². The van der Waals surface area contributed by atoms with Crippen LogP contribution in [0.3, 0.4) is 0 Å². The van der Waals surface area contributed by atoms with Crippen LogP contribution >= 0.6 is 0 Å². The monoisotopic (exact) mass is 339 g/mol. The molecule has 10 nitrogen and oxygen atoms in total. The van der Waals surface area contributed by atoms with E-state index in [4.69, 9.17) is 0 Å². The zero-order valence-electron chi connectivity index (χ0n) is 13.4. The minimum absolute atomic E-state index is 0.0411. The van der Waals surface area contributed by atoms with Crippen LogP contribution in [-0.2, 0) is 20.8 Å². The number of aromatic nitrogens is 7. The van der Waals surface area contributed by atoms with Crippen LogP contribution in [-0.4, -0.2) is 33.7 Å². The maximum Gasteiger partial charge on any atom is 0.332 e. The molecule has 0 spiro atoms. The molecule has 0 aliphatic carbocycles. The van der Waals surface area contributed by atoms with Crippen molar-refractivity contribution in [3.8, 4) is 0 Å². The normalized spacial score (nSPS) is 11.4. The van der Waals surface area contributed by atoms with Crippen LogP contribution in [0, 0.1) is 0 Å². The first kappa shape index (κ1) is 15.0. The Balaban J connectivity index is 1.93. The third-order valence-corrected chi connectivity index (χ3v) is 4.13. The van der Waals surface area contributed by atoms with E-state index >= 15 is 0 Å². The Kier molecular flexibility index (Phi) is 3.14. The standard InChI is InChI=1S/C15H13N7O3/c1-19-12-11(14(24)20(2)15(19)25)21(7-16-12)8-22-13(23)9-5-3-4-6-10(9)17-18-22/h3-7H,8H2,1-2H3. The molecule has 25 heavy (non-hydrogen) atoms. The summed E-state index contributed by atoms with van der Waals surface area (Å²) in [6.45, 7) is -0.0411. The summed E-state index contributed by atoms with van der Waals surface area (Å²) in [5, 5.41) is 8.36. The minimum atomic E-state index is -0.489. The Labute approximate surface area is 139 Å². The molecule has 3 aromatic heterocycles. The second-order valence-corrected chi connectivity index (χ2v) is 5.65. The van der Waals surface area contributed by atoms with E-state index < -0.39 is 11.2 Å². The molecule has 0 saturated heterocycles. The van der Waals surface area contributed by atoms with Gasteiger partial charge in [0.15, 0.2) is 11.2 Å². The molecule has 0 saturated carbocycles. The summed E-state index contributed by atoms with van der Waals surface area (Å²) < 4.78 is 4.90. The van der Waals surface area contributed by atoms with Gasteiger partial charge < -0.3 is 4.57 Å².